The summed E-state index contributed by atoms with van der Waals surface area (Å²) < 4.78 is 0. The predicted molar refractivity (Wildman–Crippen MR) is 157 cm³/mol. The van der Waals surface area contributed by atoms with Gasteiger partial charge in [0.2, 0.25) is 0 Å². The van der Waals surface area contributed by atoms with Crippen LogP contribution in [-0.4, -0.2) is 78.6 Å². The molecule has 0 amide bonds. The molecule has 6 nitrogen and oxygen atoms in total. The molecule has 37 heavy (non-hydrogen) atoms. The molecule has 1 aromatic heterocycles. The number of benzene rings is 1. The van der Waals surface area contributed by atoms with Gasteiger partial charge in [0.05, 0.1) is 18.3 Å². The molecule has 2 aromatic rings. The van der Waals surface area contributed by atoms with Gasteiger partial charge in [-0.1, -0.05) is 37.6 Å². The maximum atomic E-state index is 6.03. The van der Waals surface area contributed by atoms with Gasteiger partial charge < -0.3 is 10.6 Å². The molecule has 1 fully saturated rings. The fraction of sp³-hybridized carbons (Fsp3) is 0.452. The summed E-state index contributed by atoms with van der Waals surface area (Å²) in [7, 11) is 2.19. The summed E-state index contributed by atoms with van der Waals surface area (Å²) in [5.74, 6) is 0.915. The van der Waals surface area contributed by atoms with Crippen molar-refractivity contribution in [3.8, 4) is 11.1 Å². The fourth-order valence-corrected chi connectivity index (χ4v) is 5.81. The minimum atomic E-state index is 0.0796. The van der Waals surface area contributed by atoms with Crippen LogP contribution in [0.4, 0.5) is 5.69 Å². The molecule has 3 atom stereocenters. The number of rotatable bonds is 5. The quantitative estimate of drug-likeness (QED) is 0.595. The second-order valence-electron chi connectivity index (χ2n) is 11.0. The maximum Gasteiger partial charge on any atom is 0.0882 e. The van der Waals surface area contributed by atoms with Crippen molar-refractivity contribution < 1.29 is 0 Å². The number of anilines is 1. The molecule has 0 saturated carbocycles. The molecule has 2 aliphatic heterocycles. The number of hydrogen-bond acceptors (Lipinski definition) is 6. The van der Waals surface area contributed by atoms with Crippen molar-refractivity contribution in [1.29, 1.82) is 0 Å². The Balaban J connectivity index is 1.39. The van der Waals surface area contributed by atoms with E-state index in [4.69, 9.17) is 15.7 Å². The van der Waals surface area contributed by atoms with E-state index >= 15 is 0 Å². The van der Waals surface area contributed by atoms with Gasteiger partial charge in [-0.25, -0.2) is 0 Å². The molecular formula is C31H40N6. The number of hydrogen-bond donors (Lipinski definition) is 1. The first-order valence-corrected chi connectivity index (χ1v) is 13.5. The zero-order valence-electron chi connectivity index (χ0n) is 22.9. The van der Waals surface area contributed by atoms with Gasteiger partial charge in [-0.15, -0.1) is 0 Å². The fourth-order valence-electron chi connectivity index (χ4n) is 5.81. The van der Waals surface area contributed by atoms with Gasteiger partial charge in [0.25, 0.3) is 0 Å². The number of aromatic nitrogens is 1. The summed E-state index contributed by atoms with van der Waals surface area (Å²) in [6.45, 7) is 15.2. The number of nitrogen functional groups attached to an aromatic ring is 1. The lowest BCUT2D eigenvalue weighted by atomic mass is 9.72. The zero-order valence-corrected chi connectivity index (χ0v) is 22.9. The third-order valence-electron chi connectivity index (χ3n) is 8.43. The number of fused-ring (bicyclic) bond motifs is 1. The number of dihydropyridines is 1. The first kappa shape index (κ1) is 25.6. The van der Waals surface area contributed by atoms with Crippen LogP contribution in [0.1, 0.15) is 44.7 Å². The molecule has 3 unspecified atom stereocenters. The molecule has 0 radical (unpaired) electrons. The molecule has 1 aliphatic carbocycles. The third-order valence-corrected chi connectivity index (χ3v) is 8.43. The first-order chi connectivity index (χ1) is 17.8. The SMILES string of the molecule is CC(=NC1C=CC(CN2CCN(C)CC2)=NC1)C1=C(C)C(C)C(C)c2ccc(-c3cncc(N)c3)cc21. The van der Waals surface area contributed by atoms with Crippen LogP contribution in [0.5, 0.6) is 0 Å². The van der Waals surface area contributed by atoms with Crippen LogP contribution >= 0.6 is 0 Å². The molecule has 3 heterocycles. The summed E-state index contributed by atoms with van der Waals surface area (Å²) >= 11 is 0. The van der Waals surface area contributed by atoms with Gasteiger partial charge in [-0.3, -0.25) is 19.9 Å². The lowest BCUT2D eigenvalue weighted by Gasteiger charge is -2.33. The van der Waals surface area contributed by atoms with Crippen LogP contribution in [0, 0.1) is 5.92 Å². The standard InChI is InChI=1S/C31H40N6/c1-20-21(2)29-9-6-24(25-14-26(32)17-33-16-25)15-30(29)31(22(20)3)23(4)35-27-7-8-28(34-18-27)19-37-12-10-36(5)11-13-37/h6-9,14-17,20-21,27H,10-13,18-19,32H2,1-5H3. The highest BCUT2D eigenvalue weighted by Gasteiger charge is 2.30. The normalized spacial score (nSPS) is 25.3. The van der Waals surface area contributed by atoms with Crippen molar-refractivity contribution in [2.45, 2.75) is 39.7 Å². The topological polar surface area (TPSA) is 70.1 Å². The lowest BCUT2D eigenvalue weighted by molar-refractivity contribution is 0.170. The molecule has 6 heteroatoms. The van der Waals surface area contributed by atoms with Crippen LogP contribution < -0.4 is 5.73 Å². The second kappa shape index (κ2) is 10.7. The van der Waals surface area contributed by atoms with E-state index in [0.717, 1.165) is 56.1 Å². The summed E-state index contributed by atoms with van der Waals surface area (Å²) in [6.07, 6.45) is 8.00. The Labute approximate surface area is 221 Å². The van der Waals surface area contributed by atoms with Crippen LogP contribution in [0.2, 0.25) is 0 Å². The molecule has 0 bridgehead atoms. The Morgan fingerprint density at radius 3 is 2.54 bits per heavy atom. The van der Waals surface area contributed by atoms with Gasteiger partial charge in [0.15, 0.2) is 0 Å². The van der Waals surface area contributed by atoms with Crippen LogP contribution in [0.15, 0.2) is 64.4 Å². The van der Waals surface area contributed by atoms with E-state index in [2.05, 4.69) is 79.9 Å². The van der Waals surface area contributed by atoms with E-state index in [0.29, 0.717) is 17.5 Å². The number of allylic oxidation sites excluding steroid dienone is 2. The van der Waals surface area contributed by atoms with Crippen molar-refractivity contribution in [1.82, 2.24) is 14.8 Å². The Hall–Kier alpha value is -3.09. The van der Waals surface area contributed by atoms with Gasteiger partial charge in [0, 0.05) is 67.7 Å². The number of aliphatic imine (C=N–C) groups is 2. The molecular weight excluding hydrogens is 456 g/mol. The second-order valence-corrected chi connectivity index (χ2v) is 11.0. The number of likely N-dealkylation sites (N-methyl/N-ethyl adjacent to an activating group) is 1. The van der Waals surface area contributed by atoms with Crippen molar-refractivity contribution in [3.63, 3.8) is 0 Å². The minimum absolute atomic E-state index is 0.0796. The van der Waals surface area contributed by atoms with Gasteiger partial charge in [0.1, 0.15) is 0 Å². The Kier molecular flexibility index (Phi) is 7.40. The zero-order chi connectivity index (χ0) is 26.1. The van der Waals surface area contributed by atoms with Crippen molar-refractivity contribution in [3.05, 3.63) is 65.5 Å². The number of nitrogens with zero attached hydrogens (tertiary/aromatic N) is 5. The Morgan fingerprint density at radius 2 is 1.84 bits per heavy atom. The lowest BCUT2D eigenvalue weighted by Crippen LogP contribution is -2.46. The molecule has 1 saturated heterocycles. The molecule has 3 aliphatic rings. The summed E-state index contributed by atoms with van der Waals surface area (Å²) in [4.78, 5) is 19.3. The molecule has 5 rings (SSSR count). The highest BCUT2D eigenvalue weighted by molar-refractivity contribution is 6.24. The average molecular weight is 497 g/mol. The Bertz CT molecular complexity index is 1280. The van der Waals surface area contributed by atoms with E-state index in [9.17, 15) is 0 Å². The smallest absolute Gasteiger partial charge is 0.0882 e. The monoisotopic (exact) mass is 496 g/mol. The maximum absolute atomic E-state index is 6.03. The van der Waals surface area contributed by atoms with Crippen molar-refractivity contribution in [2.24, 2.45) is 15.9 Å². The summed E-state index contributed by atoms with van der Waals surface area (Å²) in [5, 5.41) is 0. The average Bonchev–Trinajstić information content (AvgIpc) is 2.89. The number of nitrogens with two attached hydrogens (primary N) is 1. The number of pyridine rings is 1. The molecule has 0 spiro atoms. The summed E-state index contributed by atoms with van der Waals surface area (Å²) in [6, 6.07) is 8.85. The number of piperazine rings is 1. The highest BCUT2D eigenvalue weighted by Crippen LogP contribution is 2.44. The van der Waals surface area contributed by atoms with E-state index in [1.807, 2.05) is 12.3 Å². The van der Waals surface area contributed by atoms with Crippen LogP contribution in [-0.2, 0) is 0 Å². The Morgan fingerprint density at radius 1 is 1.05 bits per heavy atom. The minimum Gasteiger partial charge on any atom is -0.397 e. The van der Waals surface area contributed by atoms with E-state index < -0.39 is 0 Å². The van der Waals surface area contributed by atoms with Gasteiger partial charge in [-0.2, -0.15) is 0 Å². The van der Waals surface area contributed by atoms with Crippen LogP contribution in [0.25, 0.3) is 16.7 Å². The van der Waals surface area contributed by atoms with Gasteiger partial charge >= 0.3 is 0 Å². The van der Waals surface area contributed by atoms with E-state index in [1.165, 1.54) is 28.0 Å². The molecule has 1 aromatic carbocycles. The van der Waals surface area contributed by atoms with Crippen molar-refractivity contribution in [2.75, 3.05) is 52.0 Å². The van der Waals surface area contributed by atoms with E-state index in [1.54, 1.807) is 6.20 Å². The first-order valence-electron chi connectivity index (χ1n) is 13.5. The largest absolute Gasteiger partial charge is 0.397 e. The molecule has 2 N–H and O–H groups in total. The van der Waals surface area contributed by atoms with Crippen LogP contribution in [0.3, 0.4) is 0 Å². The third kappa shape index (κ3) is 5.46. The van der Waals surface area contributed by atoms with E-state index in [-0.39, 0.29) is 6.04 Å². The van der Waals surface area contributed by atoms with Crippen molar-refractivity contribution >= 4 is 22.7 Å². The molecule has 194 valence electrons. The highest BCUT2D eigenvalue weighted by atomic mass is 15.2. The predicted octanol–water partition coefficient (Wildman–Crippen LogP) is 4.95. The summed E-state index contributed by atoms with van der Waals surface area (Å²) in [5.41, 5.74) is 16.5. The van der Waals surface area contributed by atoms with Gasteiger partial charge in [-0.05, 0) is 67.6 Å².